The lowest BCUT2D eigenvalue weighted by atomic mass is 10.0. The van der Waals surface area contributed by atoms with E-state index < -0.39 is 18.7 Å². The molecule has 0 bridgehead atoms. The quantitative estimate of drug-likeness (QED) is 0.515. The van der Waals surface area contributed by atoms with Gasteiger partial charge in [-0.25, -0.2) is 4.79 Å². The lowest BCUT2D eigenvalue weighted by Crippen LogP contribution is -2.04. The fraction of sp³-hybridized carbons (Fsp3) is 0.400. The highest BCUT2D eigenvalue weighted by molar-refractivity contribution is 5.81. The number of benzene rings is 1. The molecule has 1 aromatic rings. The first kappa shape index (κ1) is 17.0. The Labute approximate surface area is 123 Å². The largest absolute Gasteiger partial charge is 0.504 e. The van der Waals surface area contributed by atoms with E-state index in [-0.39, 0.29) is 17.9 Å². The molecule has 116 valence electrons. The van der Waals surface area contributed by atoms with Crippen LogP contribution in [0.1, 0.15) is 24.2 Å². The Hall–Kier alpha value is -2.05. The highest BCUT2D eigenvalue weighted by atomic mass is 16.5. The van der Waals surface area contributed by atoms with Gasteiger partial charge in [-0.15, -0.1) is 0 Å². The number of hydrogen-bond donors (Lipinski definition) is 3. The van der Waals surface area contributed by atoms with E-state index in [9.17, 15) is 15.0 Å². The van der Waals surface area contributed by atoms with Gasteiger partial charge in [0, 0.05) is 11.6 Å². The molecule has 3 N–H and O–H groups in total. The summed E-state index contributed by atoms with van der Waals surface area (Å²) in [7, 11) is 1.39. The summed E-state index contributed by atoms with van der Waals surface area (Å²) in [6, 6.07) is 3.00. The van der Waals surface area contributed by atoms with Gasteiger partial charge in [-0.2, -0.15) is 0 Å². The van der Waals surface area contributed by atoms with Gasteiger partial charge in [-0.1, -0.05) is 6.08 Å². The zero-order valence-corrected chi connectivity index (χ0v) is 12.1. The van der Waals surface area contributed by atoms with Gasteiger partial charge in [-0.3, -0.25) is 0 Å². The zero-order chi connectivity index (χ0) is 15.8. The molecule has 6 nitrogen and oxygen atoms in total. The first-order valence-corrected chi connectivity index (χ1v) is 6.55. The van der Waals surface area contributed by atoms with Gasteiger partial charge in [0.05, 0.1) is 20.3 Å². The summed E-state index contributed by atoms with van der Waals surface area (Å²) < 4.78 is 9.78. The Kier molecular flexibility index (Phi) is 6.71. The van der Waals surface area contributed by atoms with Crippen molar-refractivity contribution in [1.29, 1.82) is 0 Å². The molecule has 0 aliphatic carbocycles. The molecule has 0 heterocycles. The number of phenols is 1. The van der Waals surface area contributed by atoms with Crippen molar-refractivity contribution in [3.8, 4) is 11.5 Å². The van der Waals surface area contributed by atoms with Gasteiger partial charge in [0.1, 0.15) is 6.10 Å². The van der Waals surface area contributed by atoms with Gasteiger partial charge < -0.3 is 24.8 Å². The highest BCUT2D eigenvalue weighted by Gasteiger charge is 2.14. The van der Waals surface area contributed by atoms with E-state index in [1.165, 1.54) is 19.3 Å². The minimum absolute atomic E-state index is 0.0695. The van der Waals surface area contributed by atoms with Gasteiger partial charge >= 0.3 is 5.97 Å². The Bertz CT molecular complexity index is 509. The SMILES string of the molecule is CCOC(=O)C=CCc1cc(C(O)CO)cc(OC)c1O. The fourth-order valence-corrected chi connectivity index (χ4v) is 1.77. The van der Waals surface area contributed by atoms with Crippen molar-refractivity contribution in [2.45, 2.75) is 19.4 Å². The molecule has 6 heteroatoms. The molecule has 0 aromatic heterocycles. The van der Waals surface area contributed by atoms with Crippen LogP contribution in [0.3, 0.4) is 0 Å². The third-order valence-corrected chi connectivity index (χ3v) is 2.83. The van der Waals surface area contributed by atoms with Gasteiger partial charge in [0.15, 0.2) is 11.5 Å². The van der Waals surface area contributed by atoms with Crippen LogP contribution in [-0.2, 0) is 16.0 Å². The number of aromatic hydroxyl groups is 1. The van der Waals surface area contributed by atoms with Crippen LogP contribution in [0, 0.1) is 0 Å². The molecule has 0 saturated carbocycles. The second kappa shape index (κ2) is 8.28. The van der Waals surface area contributed by atoms with Crippen LogP contribution >= 0.6 is 0 Å². The number of hydrogen-bond acceptors (Lipinski definition) is 6. The standard InChI is InChI=1S/C15H20O6/c1-3-21-14(18)6-4-5-10-7-11(12(17)9-16)8-13(20-2)15(10)19/h4,6-8,12,16-17,19H,3,5,9H2,1-2H3. The minimum Gasteiger partial charge on any atom is -0.504 e. The average molecular weight is 296 g/mol. The molecule has 0 amide bonds. The predicted molar refractivity (Wildman–Crippen MR) is 76.2 cm³/mol. The summed E-state index contributed by atoms with van der Waals surface area (Å²) in [5.41, 5.74) is 0.893. The lowest BCUT2D eigenvalue weighted by Gasteiger charge is -2.14. The summed E-state index contributed by atoms with van der Waals surface area (Å²) in [4.78, 5) is 11.2. The number of allylic oxidation sites excluding steroid dienone is 1. The smallest absolute Gasteiger partial charge is 0.330 e. The molecule has 1 rings (SSSR count). The first-order chi connectivity index (χ1) is 10.0. The maximum atomic E-state index is 11.2. The van der Waals surface area contributed by atoms with Crippen LogP contribution in [0.25, 0.3) is 0 Å². The molecule has 1 unspecified atom stereocenters. The normalized spacial score (nSPS) is 12.4. The third kappa shape index (κ3) is 4.77. The maximum absolute atomic E-state index is 11.2. The van der Waals surface area contributed by atoms with E-state index in [1.54, 1.807) is 19.1 Å². The first-order valence-electron chi connectivity index (χ1n) is 6.55. The van der Waals surface area contributed by atoms with Crippen molar-refractivity contribution in [1.82, 2.24) is 0 Å². The second-order valence-electron chi connectivity index (χ2n) is 4.29. The Morgan fingerprint density at radius 1 is 1.43 bits per heavy atom. The molecule has 0 spiro atoms. The van der Waals surface area contributed by atoms with E-state index in [1.807, 2.05) is 0 Å². The minimum atomic E-state index is -1.06. The molecular weight excluding hydrogens is 276 g/mol. The molecular formula is C15H20O6. The van der Waals surface area contributed by atoms with Crippen molar-refractivity contribution in [3.05, 3.63) is 35.4 Å². The van der Waals surface area contributed by atoms with E-state index in [4.69, 9.17) is 14.6 Å². The monoisotopic (exact) mass is 296 g/mol. The summed E-state index contributed by atoms with van der Waals surface area (Å²) in [6.45, 7) is 1.56. The van der Waals surface area contributed by atoms with E-state index in [2.05, 4.69) is 0 Å². The van der Waals surface area contributed by atoms with Crippen molar-refractivity contribution < 1.29 is 29.6 Å². The van der Waals surface area contributed by atoms with Crippen molar-refractivity contribution in [3.63, 3.8) is 0 Å². The number of aliphatic hydroxyl groups excluding tert-OH is 2. The van der Waals surface area contributed by atoms with E-state index in [0.29, 0.717) is 17.7 Å². The molecule has 21 heavy (non-hydrogen) atoms. The number of rotatable bonds is 7. The van der Waals surface area contributed by atoms with Crippen molar-refractivity contribution in [2.24, 2.45) is 0 Å². The number of esters is 1. The number of aliphatic hydroxyl groups is 2. The molecule has 1 atom stereocenters. The number of carbonyl (C=O) groups excluding carboxylic acids is 1. The average Bonchev–Trinajstić information content (AvgIpc) is 2.48. The molecule has 0 saturated heterocycles. The van der Waals surface area contributed by atoms with Gasteiger partial charge in [-0.05, 0) is 31.0 Å². The van der Waals surface area contributed by atoms with Crippen LogP contribution in [0.5, 0.6) is 11.5 Å². The predicted octanol–water partition coefficient (Wildman–Crippen LogP) is 1.09. The summed E-state index contributed by atoms with van der Waals surface area (Å²) >= 11 is 0. The highest BCUT2D eigenvalue weighted by Crippen LogP contribution is 2.33. The van der Waals surface area contributed by atoms with Crippen LogP contribution in [0.2, 0.25) is 0 Å². The number of ether oxygens (including phenoxy) is 2. The lowest BCUT2D eigenvalue weighted by molar-refractivity contribution is -0.137. The van der Waals surface area contributed by atoms with Crippen LogP contribution in [0.15, 0.2) is 24.3 Å². The van der Waals surface area contributed by atoms with E-state index >= 15 is 0 Å². The molecule has 0 aliphatic heterocycles. The summed E-state index contributed by atoms with van der Waals surface area (Å²) in [6.07, 6.45) is 2.01. The maximum Gasteiger partial charge on any atom is 0.330 e. The number of phenolic OH excluding ortho intramolecular Hbond substituents is 1. The third-order valence-electron chi connectivity index (χ3n) is 2.83. The van der Waals surface area contributed by atoms with E-state index in [0.717, 1.165) is 0 Å². The summed E-state index contributed by atoms with van der Waals surface area (Å²) in [5, 5.41) is 28.7. The van der Waals surface area contributed by atoms with Crippen LogP contribution in [0.4, 0.5) is 0 Å². The number of carbonyl (C=O) groups is 1. The Morgan fingerprint density at radius 2 is 2.14 bits per heavy atom. The zero-order valence-electron chi connectivity index (χ0n) is 12.1. The molecule has 1 aromatic carbocycles. The van der Waals surface area contributed by atoms with Crippen molar-refractivity contribution in [2.75, 3.05) is 20.3 Å². The molecule has 0 aliphatic rings. The fourth-order valence-electron chi connectivity index (χ4n) is 1.77. The molecule has 0 radical (unpaired) electrons. The Balaban J connectivity index is 2.97. The topological polar surface area (TPSA) is 96.2 Å². The van der Waals surface area contributed by atoms with Gasteiger partial charge in [0.2, 0.25) is 0 Å². The second-order valence-corrected chi connectivity index (χ2v) is 4.29. The van der Waals surface area contributed by atoms with Crippen LogP contribution < -0.4 is 4.74 Å². The number of methoxy groups -OCH3 is 1. The molecule has 0 fully saturated rings. The van der Waals surface area contributed by atoms with Crippen molar-refractivity contribution >= 4 is 5.97 Å². The summed E-state index contributed by atoms with van der Waals surface area (Å²) in [5.74, 6) is -0.338. The van der Waals surface area contributed by atoms with Crippen LogP contribution in [-0.4, -0.2) is 41.6 Å². The van der Waals surface area contributed by atoms with Gasteiger partial charge in [0.25, 0.3) is 0 Å². The Morgan fingerprint density at radius 3 is 2.71 bits per heavy atom.